The highest BCUT2D eigenvalue weighted by Crippen LogP contribution is 2.19. The summed E-state index contributed by atoms with van der Waals surface area (Å²) < 4.78 is 1.96. The summed E-state index contributed by atoms with van der Waals surface area (Å²) >= 11 is 3.29. The lowest BCUT2D eigenvalue weighted by atomic mass is 10.1. The molecule has 0 bridgehead atoms. The van der Waals surface area contributed by atoms with Crippen molar-refractivity contribution in [2.24, 2.45) is 0 Å². The number of hydrogen-bond acceptors (Lipinski definition) is 3. The van der Waals surface area contributed by atoms with Crippen molar-refractivity contribution in [1.29, 1.82) is 0 Å². The Bertz CT molecular complexity index is 544. The van der Waals surface area contributed by atoms with Crippen LogP contribution in [0.2, 0.25) is 0 Å². The lowest BCUT2D eigenvalue weighted by Gasteiger charge is -2.02. The smallest absolute Gasteiger partial charge is 0.287 e. The minimum atomic E-state index is -0.137. The Morgan fingerprint density at radius 1 is 1.50 bits per heavy atom. The zero-order chi connectivity index (χ0) is 11.7. The molecule has 0 aliphatic carbocycles. The number of H-pyrrole nitrogens is 1. The van der Waals surface area contributed by atoms with E-state index in [1.807, 2.05) is 13.8 Å². The largest absolute Gasteiger partial charge is 0.292 e. The van der Waals surface area contributed by atoms with Gasteiger partial charge in [-0.05, 0) is 21.8 Å². The van der Waals surface area contributed by atoms with Crippen LogP contribution < -0.4 is 5.56 Å². The summed E-state index contributed by atoms with van der Waals surface area (Å²) in [7, 11) is 0. The van der Waals surface area contributed by atoms with E-state index in [0.717, 1.165) is 5.69 Å². The Kier molecular flexibility index (Phi) is 2.91. The van der Waals surface area contributed by atoms with E-state index in [9.17, 15) is 4.79 Å². The van der Waals surface area contributed by atoms with Crippen LogP contribution in [0.4, 0.5) is 0 Å². The van der Waals surface area contributed by atoms with Gasteiger partial charge in [0.15, 0.2) is 5.82 Å². The number of aromatic amines is 1. The average molecular weight is 283 g/mol. The molecule has 0 aliphatic heterocycles. The van der Waals surface area contributed by atoms with E-state index in [0.29, 0.717) is 10.3 Å². The van der Waals surface area contributed by atoms with Crippen LogP contribution in [0.5, 0.6) is 0 Å². The molecule has 0 saturated heterocycles. The normalized spacial score (nSPS) is 11.0. The van der Waals surface area contributed by atoms with E-state index in [2.05, 4.69) is 31.0 Å². The molecule has 5 nitrogen and oxygen atoms in total. The minimum Gasteiger partial charge on any atom is -0.292 e. The van der Waals surface area contributed by atoms with Crippen LogP contribution in [0.25, 0.3) is 5.82 Å². The molecular formula is C10H11BrN4O. The van der Waals surface area contributed by atoms with Crippen molar-refractivity contribution in [2.45, 2.75) is 19.8 Å². The van der Waals surface area contributed by atoms with Crippen molar-refractivity contribution in [1.82, 2.24) is 19.7 Å². The molecule has 2 rings (SSSR count). The molecule has 2 heterocycles. The van der Waals surface area contributed by atoms with Crippen LogP contribution in [-0.4, -0.2) is 19.7 Å². The predicted molar refractivity (Wildman–Crippen MR) is 63.8 cm³/mol. The second kappa shape index (κ2) is 4.21. The van der Waals surface area contributed by atoms with Gasteiger partial charge >= 0.3 is 0 Å². The first kappa shape index (κ1) is 11.1. The van der Waals surface area contributed by atoms with E-state index in [4.69, 9.17) is 0 Å². The summed E-state index contributed by atoms with van der Waals surface area (Å²) in [4.78, 5) is 19.8. The molecule has 6 heteroatoms. The summed E-state index contributed by atoms with van der Waals surface area (Å²) in [6, 6.07) is 1.68. The van der Waals surface area contributed by atoms with Gasteiger partial charge in [0.25, 0.3) is 5.56 Å². The lowest BCUT2D eigenvalue weighted by Crippen LogP contribution is -2.15. The van der Waals surface area contributed by atoms with Gasteiger partial charge in [-0.15, -0.1) is 0 Å². The molecule has 2 aromatic heterocycles. The molecule has 0 saturated carbocycles. The van der Waals surface area contributed by atoms with Gasteiger partial charge in [0, 0.05) is 12.3 Å². The molecule has 0 fully saturated rings. The van der Waals surface area contributed by atoms with Crippen LogP contribution in [0.15, 0.2) is 27.9 Å². The lowest BCUT2D eigenvalue weighted by molar-refractivity contribution is 0.745. The average Bonchev–Trinajstić information content (AvgIpc) is 2.58. The zero-order valence-corrected chi connectivity index (χ0v) is 10.5. The van der Waals surface area contributed by atoms with Crippen molar-refractivity contribution in [3.8, 4) is 5.82 Å². The number of nitrogens with zero attached hydrogens (tertiary/aromatic N) is 3. The van der Waals surface area contributed by atoms with Crippen LogP contribution in [0.1, 0.15) is 25.5 Å². The van der Waals surface area contributed by atoms with E-state index in [1.54, 1.807) is 12.3 Å². The van der Waals surface area contributed by atoms with Crippen LogP contribution in [-0.2, 0) is 0 Å². The maximum atomic E-state index is 11.9. The summed E-state index contributed by atoms with van der Waals surface area (Å²) in [5.41, 5.74) is 0.728. The fraction of sp³-hybridized carbons (Fsp3) is 0.300. The number of hydrogen-bond donors (Lipinski definition) is 1. The van der Waals surface area contributed by atoms with Crippen LogP contribution >= 0.6 is 15.9 Å². The third-order valence-electron chi connectivity index (χ3n) is 2.23. The van der Waals surface area contributed by atoms with Gasteiger partial charge in [-0.3, -0.25) is 9.89 Å². The highest BCUT2D eigenvalue weighted by atomic mass is 79.9. The van der Waals surface area contributed by atoms with Gasteiger partial charge in [0.1, 0.15) is 10.8 Å². The first-order chi connectivity index (χ1) is 7.61. The molecule has 0 aliphatic rings. The van der Waals surface area contributed by atoms with E-state index in [1.165, 1.54) is 11.0 Å². The summed E-state index contributed by atoms with van der Waals surface area (Å²) in [6.07, 6.45) is 3.00. The monoisotopic (exact) mass is 282 g/mol. The van der Waals surface area contributed by atoms with Gasteiger partial charge in [-0.1, -0.05) is 13.8 Å². The Hall–Kier alpha value is -1.43. The van der Waals surface area contributed by atoms with Crippen molar-refractivity contribution < 1.29 is 0 Å². The summed E-state index contributed by atoms with van der Waals surface area (Å²) in [5, 5.41) is 3.03. The summed E-state index contributed by atoms with van der Waals surface area (Å²) in [5.74, 6) is 0.776. The fourth-order valence-electron chi connectivity index (χ4n) is 1.39. The quantitative estimate of drug-likeness (QED) is 0.914. The molecule has 0 amide bonds. The third kappa shape index (κ3) is 1.80. The van der Waals surface area contributed by atoms with Crippen molar-refractivity contribution in [3.05, 3.63) is 39.1 Å². The Morgan fingerprint density at radius 3 is 2.75 bits per heavy atom. The molecule has 16 heavy (non-hydrogen) atoms. The number of nitrogens with one attached hydrogen (secondary N) is 1. The fourth-order valence-corrected chi connectivity index (χ4v) is 2.12. The first-order valence-corrected chi connectivity index (χ1v) is 5.67. The standard InChI is InChI=1S/C10H11BrN4O/c1-6(2)9-8(11)10(16)15(14-9)7-3-4-12-5-13-7/h3-6,14H,1-2H3. The predicted octanol–water partition coefficient (Wildman–Crippen LogP) is 1.84. The van der Waals surface area contributed by atoms with Crippen molar-refractivity contribution in [3.63, 3.8) is 0 Å². The van der Waals surface area contributed by atoms with Crippen molar-refractivity contribution in [2.75, 3.05) is 0 Å². The molecule has 0 spiro atoms. The van der Waals surface area contributed by atoms with E-state index in [-0.39, 0.29) is 11.5 Å². The maximum Gasteiger partial charge on any atom is 0.287 e. The minimum absolute atomic E-state index is 0.137. The van der Waals surface area contributed by atoms with Crippen LogP contribution in [0.3, 0.4) is 0 Å². The second-order valence-electron chi connectivity index (χ2n) is 3.70. The van der Waals surface area contributed by atoms with Gasteiger partial charge in [-0.25, -0.2) is 14.6 Å². The van der Waals surface area contributed by atoms with E-state index < -0.39 is 0 Å². The zero-order valence-electron chi connectivity index (χ0n) is 8.94. The SMILES string of the molecule is CC(C)c1[nH]n(-c2ccncn2)c(=O)c1Br. The molecule has 0 aromatic carbocycles. The first-order valence-electron chi connectivity index (χ1n) is 4.88. The Labute approximate surface area is 101 Å². The van der Waals surface area contributed by atoms with Gasteiger partial charge in [-0.2, -0.15) is 0 Å². The second-order valence-corrected chi connectivity index (χ2v) is 4.50. The molecule has 0 unspecified atom stereocenters. The molecular weight excluding hydrogens is 272 g/mol. The third-order valence-corrected chi connectivity index (χ3v) is 3.00. The Morgan fingerprint density at radius 2 is 2.25 bits per heavy atom. The van der Waals surface area contributed by atoms with Crippen molar-refractivity contribution >= 4 is 15.9 Å². The summed E-state index contributed by atoms with van der Waals surface area (Å²) in [6.45, 7) is 4.03. The topological polar surface area (TPSA) is 63.6 Å². The molecule has 84 valence electrons. The highest BCUT2D eigenvalue weighted by molar-refractivity contribution is 9.10. The van der Waals surface area contributed by atoms with E-state index >= 15 is 0 Å². The number of aromatic nitrogens is 4. The Balaban J connectivity index is 2.60. The molecule has 0 radical (unpaired) electrons. The van der Waals surface area contributed by atoms with Gasteiger partial charge < -0.3 is 0 Å². The van der Waals surface area contributed by atoms with Gasteiger partial charge in [0.2, 0.25) is 0 Å². The molecule has 0 atom stereocenters. The molecule has 2 aromatic rings. The number of halogens is 1. The molecule has 1 N–H and O–H groups in total. The van der Waals surface area contributed by atoms with Gasteiger partial charge in [0.05, 0.1) is 5.69 Å². The highest BCUT2D eigenvalue weighted by Gasteiger charge is 2.15. The van der Waals surface area contributed by atoms with Crippen LogP contribution in [0, 0.1) is 0 Å². The number of rotatable bonds is 2. The maximum absolute atomic E-state index is 11.9.